The second-order valence-electron chi connectivity index (χ2n) is 4.88. The number of amidine groups is 1. The molecule has 3 nitrogen and oxygen atoms in total. The zero-order chi connectivity index (χ0) is 11.4. The van der Waals surface area contributed by atoms with E-state index < -0.39 is 0 Å². The van der Waals surface area contributed by atoms with Gasteiger partial charge in [0.15, 0.2) is 5.17 Å². The third-order valence-corrected chi connectivity index (χ3v) is 4.35. The molecule has 0 bridgehead atoms. The number of likely N-dealkylation sites (tertiary alicyclic amines) is 1. The summed E-state index contributed by atoms with van der Waals surface area (Å²) in [5, 5.41) is 4.82. The Hall–Kier alpha value is -0.220. The Morgan fingerprint density at radius 3 is 3.12 bits per heavy atom. The maximum atomic E-state index is 4.77. The van der Waals surface area contributed by atoms with Gasteiger partial charge in [0.05, 0.1) is 6.04 Å². The van der Waals surface area contributed by atoms with Gasteiger partial charge in [-0.05, 0) is 39.3 Å². The monoisotopic (exact) mass is 241 g/mol. The van der Waals surface area contributed by atoms with E-state index in [1.807, 2.05) is 11.8 Å². The number of likely N-dealkylation sites (N-methyl/N-ethyl adjacent to an activating group) is 1. The lowest BCUT2D eigenvalue weighted by Gasteiger charge is -2.32. The van der Waals surface area contributed by atoms with E-state index >= 15 is 0 Å². The fraction of sp³-hybridized carbons (Fsp3) is 0.917. The summed E-state index contributed by atoms with van der Waals surface area (Å²) in [6.45, 7) is 4.64. The summed E-state index contributed by atoms with van der Waals surface area (Å²) in [4.78, 5) is 7.18. The lowest BCUT2D eigenvalue weighted by Crippen LogP contribution is -2.46. The Kier molecular flexibility index (Phi) is 4.53. The van der Waals surface area contributed by atoms with Crippen molar-refractivity contribution in [2.45, 2.75) is 44.7 Å². The van der Waals surface area contributed by atoms with Crippen molar-refractivity contribution in [3.05, 3.63) is 0 Å². The first-order valence-electron chi connectivity index (χ1n) is 6.43. The maximum absolute atomic E-state index is 4.77. The molecular weight excluding hydrogens is 218 g/mol. The van der Waals surface area contributed by atoms with Crippen LogP contribution in [0.5, 0.6) is 0 Å². The van der Waals surface area contributed by atoms with Crippen LogP contribution in [0.2, 0.25) is 0 Å². The van der Waals surface area contributed by atoms with Gasteiger partial charge in [-0.1, -0.05) is 18.7 Å². The van der Waals surface area contributed by atoms with Gasteiger partial charge in [0.25, 0.3) is 0 Å². The van der Waals surface area contributed by atoms with E-state index in [1.165, 1.54) is 43.1 Å². The van der Waals surface area contributed by atoms with Crippen LogP contribution < -0.4 is 5.32 Å². The van der Waals surface area contributed by atoms with Gasteiger partial charge in [-0.3, -0.25) is 4.99 Å². The first kappa shape index (κ1) is 12.2. The van der Waals surface area contributed by atoms with Crippen molar-refractivity contribution in [3.63, 3.8) is 0 Å². The molecule has 0 amide bonds. The van der Waals surface area contributed by atoms with Crippen molar-refractivity contribution in [1.82, 2.24) is 10.2 Å². The first-order valence-corrected chi connectivity index (χ1v) is 7.42. The molecule has 0 aromatic rings. The minimum atomic E-state index is 0.560. The molecule has 92 valence electrons. The molecule has 0 aromatic carbocycles. The smallest absolute Gasteiger partial charge is 0.157 e. The van der Waals surface area contributed by atoms with Gasteiger partial charge in [-0.25, -0.2) is 0 Å². The van der Waals surface area contributed by atoms with Crippen LogP contribution in [-0.2, 0) is 0 Å². The minimum absolute atomic E-state index is 0.560. The Morgan fingerprint density at radius 1 is 1.50 bits per heavy atom. The predicted octanol–water partition coefficient (Wildman–Crippen LogP) is 1.94. The van der Waals surface area contributed by atoms with Crippen LogP contribution in [0.25, 0.3) is 0 Å². The average Bonchev–Trinajstić information content (AvgIpc) is 2.29. The van der Waals surface area contributed by atoms with E-state index in [9.17, 15) is 0 Å². The quantitative estimate of drug-likeness (QED) is 0.801. The molecule has 1 fully saturated rings. The lowest BCUT2D eigenvalue weighted by atomic mass is 10.1. The zero-order valence-corrected chi connectivity index (χ0v) is 11.2. The SMILES string of the molecule is CCC1CCSC(NC2CCCN(C)C2)=N1. The molecule has 0 aliphatic carbocycles. The average molecular weight is 241 g/mol. The van der Waals surface area contributed by atoms with Crippen LogP contribution in [0.1, 0.15) is 32.6 Å². The summed E-state index contributed by atoms with van der Waals surface area (Å²) >= 11 is 1.90. The van der Waals surface area contributed by atoms with E-state index in [2.05, 4.69) is 24.2 Å². The van der Waals surface area contributed by atoms with Crippen LogP contribution in [0.4, 0.5) is 0 Å². The Balaban J connectivity index is 1.86. The fourth-order valence-electron chi connectivity index (χ4n) is 2.39. The van der Waals surface area contributed by atoms with Gasteiger partial charge in [-0.15, -0.1) is 0 Å². The highest BCUT2D eigenvalue weighted by Gasteiger charge is 2.20. The Morgan fingerprint density at radius 2 is 2.38 bits per heavy atom. The molecule has 4 heteroatoms. The second-order valence-corrected chi connectivity index (χ2v) is 5.96. The maximum Gasteiger partial charge on any atom is 0.157 e. The predicted molar refractivity (Wildman–Crippen MR) is 72.2 cm³/mol. The molecule has 2 unspecified atom stereocenters. The molecular formula is C12H23N3S. The third kappa shape index (κ3) is 3.39. The van der Waals surface area contributed by atoms with Crippen LogP contribution >= 0.6 is 11.8 Å². The number of rotatable bonds is 2. The molecule has 0 radical (unpaired) electrons. The van der Waals surface area contributed by atoms with Crippen molar-refractivity contribution >= 4 is 16.9 Å². The molecule has 2 rings (SSSR count). The number of hydrogen-bond donors (Lipinski definition) is 1. The van der Waals surface area contributed by atoms with Crippen LogP contribution in [-0.4, -0.2) is 48.0 Å². The molecule has 2 aliphatic rings. The summed E-state index contributed by atoms with van der Waals surface area (Å²) < 4.78 is 0. The number of hydrogen-bond acceptors (Lipinski definition) is 4. The van der Waals surface area contributed by atoms with E-state index in [4.69, 9.17) is 4.99 Å². The summed E-state index contributed by atoms with van der Waals surface area (Å²) in [7, 11) is 2.21. The lowest BCUT2D eigenvalue weighted by molar-refractivity contribution is 0.241. The zero-order valence-electron chi connectivity index (χ0n) is 10.4. The fourth-order valence-corrected chi connectivity index (χ4v) is 3.45. The second kappa shape index (κ2) is 5.92. The van der Waals surface area contributed by atoms with Crippen LogP contribution in [0.3, 0.4) is 0 Å². The molecule has 1 saturated heterocycles. The highest BCUT2D eigenvalue weighted by atomic mass is 32.2. The number of aliphatic imine (C=N–C) groups is 1. The molecule has 0 aromatic heterocycles. The van der Waals surface area contributed by atoms with E-state index in [-0.39, 0.29) is 0 Å². The summed E-state index contributed by atoms with van der Waals surface area (Å²) in [5.74, 6) is 1.23. The van der Waals surface area contributed by atoms with Crippen molar-refractivity contribution in [2.75, 3.05) is 25.9 Å². The van der Waals surface area contributed by atoms with Crippen molar-refractivity contribution in [2.24, 2.45) is 4.99 Å². The molecule has 1 N–H and O–H groups in total. The van der Waals surface area contributed by atoms with Gasteiger partial charge >= 0.3 is 0 Å². The molecule has 0 spiro atoms. The van der Waals surface area contributed by atoms with Gasteiger partial charge in [-0.2, -0.15) is 0 Å². The summed E-state index contributed by atoms with van der Waals surface area (Å²) in [5.41, 5.74) is 0. The molecule has 2 heterocycles. The molecule has 2 aliphatic heterocycles. The Labute approximate surface area is 103 Å². The highest BCUT2D eigenvalue weighted by Crippen LogP contribution is 2.19. The number of piperidine rings is 1. The molecule has 2 atom stereocenters. The van der Waals surface area contributed by atoms with Crippen LogP contribution in [0, 0.1) is 0 Å². The summed E-state index contributed by atoms with van der Waals surface area (Å²) in [6.07, 6.45) is 5.03. The molecule has 16 heavy (non-hydrogen) atoms. The normalized spacial score (nSPS) is 32.2. The standard InChI is InChI=1S/C12H23N3S/c1-3-10-6-8-16-12(13-10)14-11-5-4-7-15(2)9-11/h10-11H,3-9H2,1-2H3,(H,13,14). The first-order chi connectivity index (χ1) is 7.78. The molecule has 0 saturated carbocycles. The van der Waals surface area contributed by atoms with E-state index in [0.29, 0.717) is 12.1 Å². The van der Waals surface area contributed by atoms with Crippen molar-refractivity contribution < 1.29 is 0 Å². The van der Waals surface area contributed by atoms with Gasteiger partial charge < -0.3 is 10.2 Å². The number of thioether (sulfide) groups is 1. The third-order valence-electron chi connectivity index (χ3n) is 3.41. The highest BCUT2D eigenvalue weighted by molar-refractivity contribution is 8.13. The number of nitrogens with zero attached hydrogens (tertiary/aromatic N) is 2. The number of nitrogens with one attached hydrogen (secondary N) is 1. The Bertz CT molecular complexity index is 255. The van der Waals surface area contributed by atoms with Gasteiger partial charge in [0.1, 0.15) is 0 Å². The minimum Gasteiger partial charge on any atom is -0.361 e. The van der Waals surface area contributed by atoms with E-state index in [1.54, 1.807) is 0 Å². The topological polar surface area (TPSA) is 27.6 Å². The largest absolute Gasteiger partial charge is 0.361 e. The van der Waals surface area contributed by atoms with Gasteiger partial charge in [0.2, 0.25) is 0 Å². The van der Waals surface area contributed by atoms with Gasteiger partial charge in [0, 0.05) is 18.3 Å². The van der Waals surface area contributed by atoms with Crippen molar-refractivity contribution in [1.29, 1.82) is 0 Å². The van der Waals surface area contributed by atoms with Crippen LogP contribution in [0.15, 0.2) is 4.99 Å². The van der Waals surface area contributed by atoms with Crippen molar-refractivity contribution in [3.8, 4) is 0 Å². The van der Waals surface area contributed by atoms with E-state index in [0.717, 1.165) is 6.54 Å². The summed E-state index contributed by atoms with van der Waals surface area (Å²) in [6, 6.07) is 1.17.